The Morgan fingerprint density at radius 2 is 1.79 bits per heavy atom. The van der Waals surface area contributed by atoms with Crippen molar-refractivity contribution in [3.05, 3.63) is 0 Å². The molecule has 0 radical (unpaired) electrons. The molecule has 0 rings (SSSR count). The minimum atomic E-state index is -0.318. The maximum absolute atomic E-state index is 11.3. The third-order valence-electron chi connectivity index (χ3n) is 1.83. The highest BCUT2D eigenvalue weighted by Gasteiger charge is 2.13. The fourth-order valence-corrected chi connectivity index (χ4v) is 1.29. The van der Waals surface area contributed by atoms with E-state index in [2.05, 4.69) is 5.32 Å². The Hall–Kier alpha value is -0.860. The Balaban J connectivity index is 3.92. The lowest BCUT2D eigenvalue weighted by atomic mass is 10.0. The molecule has 0 aromatic heterocycles. The molecule has 0 fully saturated rings. The van der Waals surface area contributed by atoms with Crippen molar-refractivity contribution < 1.29 is 9.59 Å². The Morgan fingerprint density at radius 1 is 1.21 bits per heavy atom. The largest absolute Gasteiger partial charge is 0.347 e. The van der Waals surface area contributed by atoms with Gasteiger partial charge in [-0.1, -0.05) is 27.7 Å². The zero-order chi connectivity index (χ0) is 11.1. The van der Waals surface area contributed by atoms with Crippen LogP contribution in [0.3, 0.4) is 0 Å². The van der Waals surface area contributed by atoms with E-state index in [0.29, 0.717) is 24.7 Å². The third-order valence-corrected chi connectivity index (χ3v) is 1.83. The smallest absolute Gasteiger partial charge is 0.220 e. The molecular formula is C11H21NO2. The average molecular weight is 199 g/mol. The lowest BCUT2D eigenvalue weighted by molar-refractivity contribution is -0.124. The van der Waals surface area contributed by atoms with Crippen LogP contribution in [0.4, 0.5) is 0 Å². The number of amides is 1. The van der Waals surface area contributed by atoms with E-state index in [4.69, 9.17) is 0 Å². The number of hydrogen-bond acceptors (Lipinski definition) is 2. The quantitative estimate of drug-likeness (QED) is 0.663. The number of carbonyl (C=O) groups excluding carboxylic acids is 2. The van der Waals surface area contributed by atoms with Gasteiger partial charge in [-0.25, -0.2) is 0 Å². The number of rotatable bonds is 6. The molecule has 0 heterocycles. The lowest BCUT2D eigenvalue weighted by Gasteiger charge is -2.15. The molecule has 0 aliphatic carbocycles. The van der Waals surface area contributed by atoms with E-state index >= 15 is 0 Å². The zero-order valence-electron chi connectivity index (χ0n) is 9.54. The summed E-state index contributed by atoms with van der Waals surface area (Å²) < 4.78 is 0. The van der Waals surface area contributed by atoms with Crippen LogP contribution in [0.25, 0.3) is 0 Å². The SMILES string of the molecule is CC(C)CC(=O)NC(C=O)CC(C)C. The summed E-state index contributed by atoms with van der Waals surface area (Å²) in [6.07, 6.45) is 2.02. The molecule has 0 spiro atoms. The van der Waals surface area contributed by atoms with Crippen LogP contribution in [0, 0.1) is 11.8 Å². The van der Waals surface area contributed by atoms with Gasteiger partial charge in [0.2, 0.25) is 5.91 Å². The predicted octanol–water partition coefficient (Wildman–Crippen LogP) is 1.76. The molecule has 0 aromatic carbocycles. The second kappa shape index (κ2) is 6.57. The molecule has 82 valence electrons. The molecule has 0 aromatic rings. The summed E-state index contributed by atoms with van der Waals surface area (Å²) in [5, 5.41) is 2.72. The van der Waals surface area contributed by atoms with Gasteiger partial charge >= 0.3 is 0 Å². The second-order valence-corrected chi connectivity index (χ2v) is 4.54. The first kappa shape index (κ1) is 13.1. The number of carbonyl (C=O) groups is 2. The monoisotopic (exact) mass is 199 g/mol. The fraction of sp³-hybridized carbons (Fsp3) is 0.818. The Morgan fingerprint density at radius 3 is 2.14 bits per heavy atom. The highest BCUT2D eigenvalue weighted by Crippen LogP contribution is 2.04. The Bertz CT molecular complexity index is 188. The number of nitrogens with one attached hydrogen (secondary N) is 1. The molecular weight excluding hydrogens is 178 g/mol. The van der Waals surface area contributed by atoms with Gasteiger partial charge in [-0.15, -0.1) is 0 Å². The molecule has 3 heteroatoms. The molecule has 0 aliphatic heterocycles. The van der Waals surface area contributed by atoms with Crippen molar-refractivity contribution in [1.29, 1.82) is 0 Å². The number of aldehydes is 1. The molecule has 0 saturated carbocycles. The lowest BCUT2D eigenvalue weighted by Crippen LogP contribution is -2.37. The molecule has 1 atom stereocenters. The van der Waals surface area contributed by atoms with E-state index in [9.17, 15) is 9.59 Å². The van der Waals surface area contributed by atoms with Crippen molar-refractivity contribution in [3.8, 4) is 0 Å². The second-order valence-electron chi connectivity index (χ2n) is 4.54. The van der Waals surface area contributed by atoms with Crippen molar-refractivity contribution in [2.24, 2.45) is 11.8 Å². The molecule has 0 saturated heterocycles. The molecule has 3 nitrogen and oxygen atoms in total. The first-order chi connectivity index (χ1) is 6.45. The molecule has 14 heavy (non-hydrogen) atoms. The fourth-order valence-electron chi connectivity index (χ4n) is 1.29. The van der Waals surface area contributed by atoms with Gasteiger partial charge in [0.25, 0.3) is 0 Å². The Labute approximate surface area is 86.3 Å². The summed E-state index contributed by atoms with van der Waals surface area (Å²) >= 11 is 0. The van der Waals surface area contributed by atoms with Crippen molar-refractivity contribution in [3.63, 3.8) is 0 Å². The van der Waals surface area contributed by atoms with Gasteiger partial charge in [0.1, 0.15) is 6.29 Å². The normalized spacial score (nSPS) is 13.0. The van der Waals surface area contributed by atoms with Crippen LogP contribution in [0.2, 0.25) is 0 Å². The van der Waals surface area contributed by atoms with E-state index in [1.165, 1.54) is 0 Å². The Kier molecular flexibility index (Phi) is 6.17. The molecule has 0 aliphatic rings. The van der Waals surface area contributed by atoms with E-state index < -0.39 is 0 Å². The van der Waals surface area contributed by atoms with Crippen molar-refractivity contribution in [2.45, 2.75) is 46.6 Å². The summed E-state index contributed by atoms with van der Waals surface area (Å²) in [4.78, 5) is 22.0. The average Bonchev–Trinajstić information content (AvgIpc) is 2.00. The molecule has 1 amide bonds. The first-order valence-corrected chi connectivity index (χ1v) is 5.20. The van der Waals surface area contributed by atoms with Crippen LogP contribution in [-0.2, 0) is 9.59 Å². The van der Waals surface area contributed by atoms with Gasteiger partial charge in [-0.2, -0.15) is 0 Å². The summed E-state index contributed by atoms with van der Waals surface area (Å²) in [5.74, 6) is 0.726. The van der Waals surface area contributed by atoms with Crippen LogP contribution < -0.4 is 5.32 Å². The van der Waals surface area contributed by atoms with Crippen LogP contribution >= 0.6 is 0 Å². The highest BCUT2D eigenvalue weighted by molar-refractivity contribution is 5.79. The summed E-state index contributed by atoms with van der Waals surface area (Å²) in [5.41, 5.74) is 0. The van der Waals surface area contributed by atoms with Crippen molar-refractivity contribution >= 4 is 12.2 Å². The van der Waals surface area contributed by atoms with E-state index in [1.807, 2.05) is 27.7 Å². The minimum absolute atomic E-state index is 0.0299. The standard InChI is InChI=1S/C11H21NO2/c1-8(2)5-10(7-13)12-11(14)6-9(3)4/h7-10H,5-6H2,1-4H3,(H,12,14). The summed E-state index contributed by atoms with van der Waals surface area (Å²) in [7, 11) is 0. The van der Waals surface area contributed by atoms with Gasteiger partial charge in [-0.3, -0.25) is 4.79 Å². The van der Waals surface area contributed by atoms with E-state index in [1.54, 1.807) is 0 Å². The summed E-state index contributed by atoms with van der Waals surface area (Å²) in [6.45, 7) is 8.03. The molecule has 1 unspecified atom stereocenters. The van der Waals surface area contributed by atoms with Gasteiger partial charge in [0.05, 0.1) is 6.04 Å². The maximum atomic E-state index is 11.3. The van der Waals surface area contributed by atoms with Gasteiger partial charge < -0.3 is 10.1 Å². The number of hydrogen-bond donors (Lipinski definition) is 1. The highest BCUT2D eigenvalue weighted by atomic mass is 16.2. The first-order valence-electron chi connectivity index (χ1n) is 5.20. The minimum Gasteiger partial charge on any atom is -0.347 e. The third kappa shape index (κ3) is 6.63. The van der Waals surface area contributed by atoms with Gasteiger partial charge in [0, 0.05) is 6.42 Å². The topological polar surface area (TPSA) is 46.2 Å². The maximum Gasteiger partial charge on any atom is 0.220 e. The van der Waals surface area contributed by atoms with E-state index in [0.717, 1.165) is 6.29 Å². The van der Waals surface area contributed by atoms with Crippen LogP contribution in [0.15, 0.2) is 0 Å². The summed E-state index contributed by atoms with van der Waals surface area (Å²) in [6, 6.07) is -0.318. The zero-order valence-corrected chi connectivity index (χ0v) is 9.54. The van der Waals surface area contributed by atoms with Crippen molar-refractivity contribution in [2.75, 3.05) is 0 Å². The van der Waals surface area contributed by atoms with Crippen LogP contribution in [0.5, 0.6) is 0 Å². The molecule has 1 N–H and O–H groups in total. The predicted molar refractivity (Wildman–Crippen MR) is 56.9 cm³/mol. The van der Waals surface area contributed by atoms with E-state index in [-0.39, 0.29) is 11.9 Å². The van der Waals surface area contributed by atoms with Crippen LogP contribution in [-0.4, -0.2) is 18.2 Å². The van der Waals surface area contributed by atoms with Gasteiger partial charge in [0.15, 0.2) is 0 Å². The van der Waals surface area contributed by atoms with Gasteiger partial charge in [-0.05, 0) is 18.3 Å². The molecule has 0 bridgehead atoms. The van der Waals surface area contributed by atoms with Crippen molar-refractivity contribution in [1.82, 2.24) is 5.32 Å². The van der Waals surface area contributed by atoms with Crippen LogP contribution in [0.1, 0.15) is 40.5 Å².